The van der Waals surface area contributed by atoms with Crippen molar-refractivity contribution < 1.29 is 14.3 Å². The predicted octanol–water partition coefficient (Wildman–Crippen LogP) is 1.97. The number of carbonyl (C=O) groups excluding carboxylic acids is 1. The molecule has 0 atom stereocenters. The van der Waals surface area contributed by atoms with Gasteiger partial charge in [0, 0.05) is 24.5 Å². The zero-order valence-corrected chi connectivity index (χ0v) is 14.2. The molecule has 1 aromatic carbocycles. The number of nitrogens with zero attached hydrogens (tertiary/aromatic N) is 4. The van der Waals surface area contributed by atoms with E-state index >= 15 is 0 Å². The molecule has 25 heavy (non-hydrogen) atoms. The van der Waals surface area contributed by atoms with Gasteiger partial charge in [-0.3, -0.25) is 9.48 Å². The molecule has 130 valence electrons. The third-order valence-electron chi connectivity index (χ3n) is 4.91. The van der Waals surface area contributed by atoms with Gasteiger partial charge in [-0.05, 0) is 36.8 Å². The molecule has 2 aromatic heterocycles. The van der Waals surface area contributed by atoms with Gasteiger partial charge in [-0.1, -0.05) is 0 Å². The van der Waals surface area contributed by atoms with Crippen molar-refractivity contribution in [3.63, 3.8) is 0 Å². The fourth-order valence-corrected chi connectivity index (χ4v) is 3.63. The summed E-state index contributed by atoms with van der Waals surface area (Å²) >= 11 is 0. The number of aryl methyl sites for hydroxylation is 2. The monoisotopic (exact) mass is 342 g/mol. The molecule has 0 saturated carbocycles. The van der Waals surface area contributed by atoms with Gasteiger partial charge in [0.2, 0.25) is 0 Å². The fraction of sp³-hybridized carbons (Fsp3) is 0.333. The van der Waals surface area contributed by atoms with E-state index in [0.717, 1.165) is 22.2 Å². The van der Waals surface area contributed by atoms with Gasteiger partial charge in [-0.2, -0.15) is 5.10 Å². The van der Waals surface area contributed by atoms with Crippen LogP contribution >= 0.6 is 0 Å². The summed E-state index contributed by atoms with van der Waals surface area (Å²) in [6, 6.07) is 6.41. The number of hydrogen-bond acceptors (Lipinski definition) is 3. The largest absolute Gasteiger partial charge is 0.390 e. The van der Waals surface area contributed by atoms with E-state index in [1.807, 2.05) is 29.3 Å². The quantitative estimate of drug-likeness (QED) is 0.774. The van der Waals surface area contributed by atoms with Crippen LogP contribution in [-0.2, 0) is 26.7 Å². The number of benzene rings is 1. The van der Waals surface area contributed by atoms with Crippen molar-refractivity contribution in [1.82, 2.24) is 19.2 Å². The Bertz CT molecular complexity index is 989. The molecule has 0 unspecified atom stereocenters. The molecule has 0 fully saturated rings. The Labute approximate surface area is 144 Å². The Kier molecular flexibility index (Phi) is 3.61. The highest BCUT2D eigenvalue weighted by Gasteiger charge is 2.27. The van der Waals surface area contributed by atoms with Gasteiger partial charge in [0.15, 0.2) is 0 Å². The second-order valence-corrected chi connectivity index (χ2v) is 6.43. The van der Waals surface area contributed by atoms with E-state index < -0.39 is 0 Å². The number of aromatic nitrogens is 3. The second-order valence-electron chi connectivity index (χ2n) is 6.43. The SMILES string of the molecule is Cc1c(C(=O)N2CCn3nc(CO)cc3C2)n(C)c2ccc(F)cc12. The van der Waals surface area contributed by atoms with E-state index in [9.17, 15) is 14.3 Å². The Morgan fingerprint density at radius 3 is 2.88 bits per heavy atom. The lowest BCUT2D eigenvalue weighted by atomic mass is 10.1. The van der Waals surface area contributed by atoms with E-state index in [-0.39, 0.29) is 18.3 Å². The molecule has 4 rings (SSSR count). The molecule has 0 bridgehead atoms. The average molecular weight is 342 g/mol. The molecule has 0 aliphatic carbocycles. The molecular formula is C18H19FN4O2. The van der Waals surface area contributed by atoms with Gasteiger partial charge < -0.3 is 14.6 Å². The lowest BCUT2D eigenvalue weighted by Crippen LogP contribution is -2.39. The number of amides is 1. The third kappa shape index (κ3) is 2.42. The van der Waals surface area contributed by atoms with Crippen molar-refractivity contribution in [3.05, 3.63) is 52.7 Å². The third-order valence-corrected chi connectivity index (χ3v) is 4.91. The molecule has 1 amide bonds. The molecular weight excluding hydrogens is 323 g/mol. The van der Waals surface area contributed by atoms with Crippen LogP contribution < -0.4 is 0 Å². The first-order valence-corrected chi connectivity index (χ1v) is 8.20. The summed E-state index contributed by atoms with van der Waals surface area (Å²) < 4.78 is 17.2. The Morgan fingerprint density at radius 2 is 2.12 bits per heavy atom. The van der Waals surface area contributed by atoms with E-state index in [4.69, 9.17) is 0 Å². The van der Waals surface area contributed by atoms with E-state index in [1.165, 1.54) is 12.1 Å². The second kappa shape index (κ2) is 5.70. The summed E-state index contributed by atoms with van der Waals surface area (Å²) in [5.41, 5.74) is 3.73. The number of aliphatic hydroxyl groups is 1. The molecule has 1 aliphatic rings. The lowest BCUT2D eigenvalue weighted by molar-refractivity contribution is 0.0696. The van der Waals surface area contributed by atoms with Gasteiger partial charge in [0.1, 0.15) is 11.5 Å². The summed E-state index contributed by atoms with van der Waals surface area (Å²) in [6.07, 6.45) is 0. The molecule has 7 heteroatoms. The summed E-state index contributed by atoms with van der Waals surface area (Å²) in [7, 11) is 1.83. The highest BCUT2D eigenvalue weighted by molar-refractivity contribution is 6.01. The normalized spacial score (nSPS) is 14.2. The predicted molar refractivity (Wildman–Crippen MR) is 90.5 cm³/mol. The molecule has 0 radical (unpaired) electrons. The van der Waals surface area contributed by atoms with Gasteiger partial charge >= 0.3 is 0 Å². The van der Waals surface area contributed by atoms with Crippen LogP contribution in [0.15, 0.2) is 24.3 Å². The van der Waals surface area contributed by atoms with Crippen LogP contribution in [0.1, 0.15) is 27.4 Å². The molecule has 1 N–H and O–H groups in total. The molecule has 3 aromatic rings. The average Bonchev–Trinajstić information content (AvgIpc) is 3.13. The van der Waals surface area contributed by atoms with Crippen LogP contribution in [0.25, 0.3) is 10.9 Å². The maximum absolute atomic E-state index is 13.6. The van der Waals surface area contributed by atoms with Crippen molar-refractivity contribution in [1.29, 1.82) is 0 Å². The van der Waals surface area contributed by atoms with Crippen LogP contribution in [0.4, 0.5) is 4.39 Å². The number of aliphatic hydroxyl groups excluding tert-OH is 1. The first-order valence-electron chi connectivity index (χ1n) is 8.20. The Hall–Kier alpha value is -2.67. The Balaban J connectivity index is 1.71. The van der Waals surface area contributed by atoms with Gasteiger partial charge in [-0.25, -0.2) is 4.39 Å². The van der Waals surface area contributed by atoms with Crippen molar-refractivity contribution in [2.45, 2.75) is 26.6 Å². The summed E-state index contributed by atoms with van der Waals surface area (Å²) in [5.74, 6) is -0.381. The number of hydrogen-bond donors (Lipinski definition) is 1. The van der Waals surface area contributed by atoms with Gasteiger partial charge in [-0.15, -0.1) is 0 Å². The first-order chi connectivity index (χ1) is 12.0. The van der Waals surface area contributed by atoms with E-state index in [1.54, 1.807) is 11.0 Å². The zero-order chi connectivity index (χ0) is 17.7. The topological polar surface area (TPSA) is 63.3 Å². The van der Waals surface area contributed by atoms with Crippen LogP contribution in [0.5, 0.6) is 0 Å². The van der Waals surface area contributed by atoms with Crippen LogP contribution in [-0.4, -0.2) is 36.8 Å². The standard InChI is InChI=1S/C18H19FN4O2/c1-11-15-7-12(19)3-4-16(15)21(2)17(11)18(25)22-5-6-23-14(9-22)8-13(10-24)20-23/h3-4,7-8,24H,5-6,9-10H2,1-2H3. The highest BCUT2D eigenvalue weighted by atomic mass is 19.1. The lowest BCUT2D eigenvalue weighted by Gasteiger charge is -2.28. The van der Waals surface area contributed by atoms with Crippen LogP contribution in [0.3, 0.4) is 0 Å². The Morgan fingerprint density at radius 1 is 1.32 bits per heavy atom. The van der Waals surface area contributed by atoms with E-state index in [0.29, 0.717) is 31.0 Å². The van der Waals surface area contributed by atoms with Crippen LogP contribution in [0, 0.1) is 12.7 Å². The smallest absolute Gasteiger partial charge is 0.271 e. The van der Waals surface area contributed by atoms with Crippen molar-refractivity contribution in [2.75, 3.05) is 6.54 Å². The zero-order valence-electron chi connectivity index (χ0n) is 14.2. The number of rotatable bonds is 2. The molecule has 1 aliphatic heterocycles. The maximum Gasteiger partial charge on any atom is 0.271 e. The molecule has 6 nitrogen and oxygen atoms in total. The fourth-order valence-electron chi connectivity index (χ4n) is 3.63. The molecule has 0 spiro atoms. The maximum atomic E-state index is 13.6. The number of fused-ring (bicyclic) bond motifs is 2. The minimum absolute atomic E-state index is 0.0744. The van der Waals surface area contributed by atoms with E-state index in [2.05, 4.69) is 5.10 Å². The molecule has 0 saturated heterocycles. The highest BCUT2D eigenvalue weighted by Crippen LogP contribution is 2.27. The van der Waals surface area contributed by atoms with Crippen molar-refractivity contribution in [3.8, 4) is 0 Å². The van der Waals surface area contributed by atoms with Gasteiger partial charge in [0.05, 0.1) is 31.1 Å². The molecule has 3 heterocycles. The minimum Gasteiger partial charge on any atom is -0.390 e. The minimum atomic E-state index is -0.307. The van der Waals surface area contributed by atoms with Crippen molar-refractivity contribution in [2.24, 2.45) is 7.05 Å². The number of carbonyl (C=O) groups is 1. The first kappa shape index (κ1) is 15.8. The van der Waals surface area contributed by atoms with Crippen LogP contribution in [0.2, 0.25) is 0 Å². The summed E-state index contributed by atoms with van der Waals surface area (Å²) in [6.45, 7) is 3.34. The van der Waals surface area contributed by atoms with Gasteiger partial charge in [0.25, 0.3) is 5.91 Å². The summed E-state index contributed by atoms with van der Waals surface area (Å²) in [5, 5.41) is 14.3. The summed E-state index contributed by atoms with van der Waals surface area (Å²) in [4.78, 5) is 14.9. The van der Waals surface area contributed by atoms with Crippen molar-refractivity contribution >= 4 is 16.8 Å². The number of halogens is 1.